The van der Waals surface area contributed by atoms with Crippen LogP contribution in [0.4, 0.5) is 49.6 Å². The first-order valence-corrected chi connectivity index (χ1v) is 10.8. The Hall–Kier alpha value is -3.75. The summed E-state index contributed by atoms with van der Waals surface area (Å²) in [5.74, 6) is -1.06. The molecule has 1 N–H and O–H groups in total. The summed E-state index contributed by atoms with van der Waals surface area (Å²) in [4.78, 5) is 4.17. The maximum Gasteiger partial charge on any atom is 0.461 e. The normalized spacial score (nSPS) is 13.3. The summed E-state index contributed by atoms with van der Waals surface area (Å²) in [6, 6.07) is 11.1. The molecule has 0 amide bonds. The van der Waals surface area contributed by atoms with E-state index >= 15 is 0 Å². The molecule has 1 aromatic heterocycles. The molecule has 212 valence electrons. The third-order valence-electron chi connectivity index (χ3n) is 4.99. The molecule has 0 aliphatic carbocycles. The maximum absolute atomic E-state index is 13.3. The lowest BCUT2D eigenvalue weighted by Crippen LogP contribution is -2.40. The molecule has 0 aliphatic heterocycles. The topological polar surface area (TPSA) is 54.8 Å². The van der Waals surface area contributed by atoms with Crippen LogP contribution in [-0.4, -0.2) is 41.4 Å². The molecule has 2 aromatic carbocycles. The number of rotatable bonds is 10. The summed E-state index contributed by atoms with van der Waals surface area (Å²) in [6.07, 6.45) is -20.8. The SMILES string of the molecule is OC(CN(Cc1cccc(OC(F)(F)C(F)F)c1)c1cccc(Oc2ccnc(C(F)(F)F)c2)c1)C(F)(F)F. The second kappa shape index (κ2) is 11.6. The molecule has 0 spiro atoms. The molecule has 1 heterocycles. The Kier molecular flexibility index (Phi) is 8.83. The smallest absolute Gasteiger partial charge is 0.457 e. The Labute approximate surface area is 214 Å². The highest BCUT2D eigenvalue weighted by Gasteiger charge is 2.44. The van der Waals surface area contributed by atoms with Crippen molar-refractivity contribution in [3.05, 3.63) is 78.1 Å². The molecule has 15 heteroatoms. The lowest BCUT2D eigenvalue weighted by Gasteiger charge is -2.29. The molecule has 0 aliphatic rings. The van der Waals surface area contributed by atoms with Crippen LogP contribution in [0.1, 0.15) is 11.3 Å². The molecular formula is C24H18F10N2O3. The van der Waals surface area contributed by atoms with Crippen molar-refractivity contribution in [1.29, 1.82) is 0 Å². The van der Waals surface area contributed by atoms with Crippen LogP contribution in [0, 0.1) is 0 Å². The van der Waals surface area contributed by atoms with Gasteiger partial charge in [-0.25, -0.2) is 0 Å². The molecule has 39 heavy (non-hydrogen) atoms. The number of halogens is 10. The van der Waals surface area contributed by atoms with Crippen molar-refractivity contribution in [2.45, 2.75) is 37.5 Å². The van der Waals surface area contributed by atoms with E-state index in [1.807, 2.05) is 0 Å². The van der Waals surface area contributed by atoms with E-state index in [1.165, 1.54) is 30.3 Å². The van der Waals surface area contributed by atoms with Crippen LogP contribution < -0.4 is 14.4 Å². The van der Waals surface area contributed by atoms with Crippen LogP contribution in [0.15, 0.2) is 66.9 Å². The largest absolute Gasteiger partial charge is 0.461 e. The quantitative estimate of drug-likeness (QED) is 0.264. The van der Waals surface area contributed by atoms with Crippen molar-refractivity contribution < 1.29 is 58.5 Å². The second-order valence-corrected chi connectivity index (χ2v) is 8.02. The molecule has 0 saturated heterocycles. The highest BCUT2D eigenvalue weighted by Crippen LogP contribution is 2.33. The summed E-state index contributed by atoms with van der Waals surface area (Å²) in [5.41, 5.74) is -1.21. The number of aromatic nitrogens is 1. The van der Waals surface area contributed by atoms with Crippen molar-refractivity contribution in [2.75, 3.05) is 11.4 Å². The van der Waals surface area contributed by atoms with Gasteiger partial charge in [-0.2, -0.15) is 43.9 Å². The molecule has 0 fully saturated rings. The fraction of sp³-hybridized carbons (Fsp3) is 0.292. The summed E-state index contributed by atoms with van der Waals surface area (Å²) in [6.45, 7) is -1.51. The molecule has 5 nitrogen and oxygen atoms in total. The molecule has 0 radical (unpaired) electrons. The van der Waals surface area contributed by atoms with Gasteiger partial charge in [0.25, 0.3) is 0 Å². The number of ether oxygens (including phenoxy) is 2. The van der Waals surface area contributed by atoms with Crippen LogP contribution in [-0.2, 0) is 12.7 Å². The minimum Gasteiger partial charge on any atom is -0.457 e. The molecule has 0 bridgehead atoms. The monoisotopic (exact) mass is 572 g/mol. The van der Waals surface area contributed by atoms with Gasteiger partial charge in [0.15, 0.2) is 6.10 Å². The second-order valence-electron chi connectivity index (χ2n) is 8.02. The van der Waals surface area contributed by atoms with Gasteiger partial charge in [-0.15, -0.1) is 0 Å². The van der Waals surface area contributed by atoms with E-state index in [0.717, 1.165) is 35.4 Å². The molecule has 1 unspecified atom stereocenters. The van der Waals surface area contributed by atoms with Crippen molar-refractivity contribution in [2.24, 2.45) is 0 Å². The van der Waals surface area contributed by atoms with Crippen molar-refractivity contribution in [3.63, 3.8) is 0 Å². The zero-order valence-corrected chi connectivity index (χ0v) is 19.4. The molecule has 1 atom stereocenters. The summed E-state index contributed by atoms with van der Waals surface area (Å²) < 4.78 is 139. The van der Waals surface area contributed by atoms with E-state index in [-0.39, 0.29) is 22.7 Å². The molecule has 3 aromatic rings. The zero-order chi connectivity index (χ0) is 29.0. The van der Waals surface area contributed by atoms with Gasteiger partial charge in [0.1, 0.15) is 22.9 Å². The van der Waals surface area contributed by atoms with Crippen molar-refractivity contribution >= 4 is 5.69 Å². The van der Waals surface area contributed by atoms with Gasteiger partial charge in [0, 0.05) is 30.6 Å². The van der Waals surface area contributed by atoms with Crippen LogP contribution >= 0.6 is 0 Å². The molecular weight excluding hydrogens is 554 g/mol. The lowest BCUT2D eigenvalue weighted by molar-refractivity contribution is -0.253. The van der Waals surface area contributed by atoms with Crippen molar-refractivity contribution in [1.82, 2.24) is 4.98 Å². The van der Waals surface area contributed by atoms with E-state index in [0.29, 0.717) is 6.07 Å². The minimum absolute atomic E-state index is 0.00914. The van der Waals surface area contributed by atoms with Crippen LogP contribution in [0.3, 0.4) is 0 Å². The maximum atomic E-state index is 13.3. The highest BCUT2D eigenvalue weighted by molar-refractivity contribution is 5.52. The first-order chi connectivity index (χ1) is 18.0. The summed E-state index contributed by atoms with van der Waals surface area (Å²) in [7, 11) is 0. The number of alkyl halides is 10. The van der Waals surface area contributed by atoms with Crippen LogP contribution in [0.5, 0.6) is 17.2 Å². The van der Waals surface area contributed by atoms with Gasteiger partial charge in [0.05, 0.1) is 6.54 Å². The standard InChI is InChI=1S/C24H18F10N2O3/c25-21(26)24(33,34)39-18-6-1-3-14(9-18)12-36(13-20(37)23(30,31)32)15-4-2-5-16(10-15)38-17-7-8-35-19(11-17)22(27,28)29/h1-11,20-21,37H,12-13H2. The van der Waals surface area contributed by atoms with Gasteiger partial charge in [-0.3, -0.25) is 4.98 Å². The number of hydrogen-bond acceptors (Lipinski definition) is 5. The Morgan fingerprint density at radius 3 is 2.10 bits per heavy atom. The Morgan fingerprint density at radius 2 is 1.46 bits per heavy atom. The Morgan fingerprint density at radius 1 is 0.821 bits per heavy atom. The number of anilines is 1. The first-order valence-electron chi connectivity index (χ1n) is 10.8. The van der Waals surface area contributed by atoms with Crippen molar-refractivity contribution in [3.8, 4) is 17.2 Å². The predicted octanol–water partition coefficient (Wildman–Crippen LogP) is 7.06. The minimum atomic E-state index is -5.04. The Bertz CT molecular complexity index is 1250. The van der Waals surface area contributed by atoms with E-state index in [4.69, 9.17) is 4.74 Å². The fourth-order valence-corrected chi connectivity index (χ4v) is 3.21. The fourth-order valence-electron chi connectivity index (χ4n) is 3.21. The number of hydrogen-bond donors (Lipinski definition) is 1. The third kappa shape index (κ3) is 8.37. The summed E-state index contributed by atoms with van der Waals surface area (Å²) >= 11 is 0. The predicted molar refractivity (Wildman–Crippen MR) is 117 cm³/mol. The summed E-state index contributed by atoms with van der Waals surface area (Å²) in [5, 5.41) is 9.66. The average Bonchev–Trinajstić information content (AvgIpc) is 2.82. The van der Waals surface area contributed by atoms with Crippen LogP contribution in [0.2, 0.25) is 0 Å². The van der Waals surface area contributed by atoms with Gasteiger partial charge in [0.2, 0.25) is 0 Å². The zero-order valence-electron chi connectivity index (χ0n) is 19.4. The van der Waals surface area contributed by atoms with Crippen LogP contribution in [0.25, 0.3) is 0 Å². The van der Waals surface area contributed by atoms with E-state index in [9.17, 15) is 49.0 Å². The van der Waals surface area contributed by atoms with Gasteiger partial charge in [-0.1, -0.05) is 18.2 Å². The van der Waals surface area contributed by atoms with E-state index < -0.39 is 55.5 Å². The number of aliphatic hydroxyl groups excluding tert-OH is 1. The molecule has 3 rings (SSSR count). The lowest BCUT2D eigenvalue weighted by atomic mass is 10.1. The highest BCUT2D eigenvalue weighted by atomic mass is 19.4. The Balaban J connectivity index is 1.90. The number of pyridine rings is 1. The third-order valence-corrected chi connectivity index (χ3v) is 4.99. The number of benzene rings is 2. The average molecular weight is 572 g/mol. The van der Waals surface area contributed by atoms with Gasteiger partial charge in [-0.05, 0) is 35.9 Å². The molecule has 0 saturated carbocycles. The van der Waals surface area contributed by atoms with Gasteiger partial charge >= 0.3 is 24.9 Å². The number of aliphatic hydroxyl groups is 1. The van der Waals surface area contributed by atoms with E-state index in [1.54, 1.807) is 0 Å². The van der Waals surface area contributed by atoms with Gasteiger partial charge < -0.3 is 19.5 Å². The number of nitrogens with zero attached hydrogens (tertiary/aromatic N) is 2. The first kappa shape index (κ1) is 29.8. The van der Waals surface area contributed by atoms with E-state index in [2.05, 4.69) is 9.72 Å².